The van der Waals surface area contributed by atoms with Crippen LogP contribution in [0.5, 0.6) is 0 Å². The van der Waals surface area contributed by atoms with E-state index in [1.165, 1.54) is 5.56 Å². The molecule has 1 saturated carbocycles. The van der Waals surface area contributed by atoms with Gasteiger partial charge in [-0.15, -0.1) is 0 Å². The zero-order valence-corrected chi connectivity index (χ0v) is 12.3. The van der Waals surface area contributed by atoms with Crippen molar-refractivity contribution in [3.8, 4) is 0 Å². The van der Waals surface area contributed by atoms with Gasteiger partial charge in [0.05, 0.1) is 11.8 Å². The zero-order valence-electron chi connectivity index (χ0n) is 12.3. The first-order valence-corrected chi connectivity index (χ1v) is 7.97. The van der Waals surface area contributed by atoms with Crippen LogP contribution in [0, 0.1) is 23.7 Å². The summed E-state index contributed by atoms with van der Waals surface area (Å²) in [6.45, 7) is 0.694. The molecule has 1 aromatic rings. The van der Waals surface area contributed by atoms with Crippen molar-refractivity contribution in [2.24, 2.45) is 23.7 Å². The second-order valence-corrected chi connectivity index (χ2v) is 6.56. The van der Waals surface area contributed by atoms with Crippen molar-refractivity contribution < 1.29 is 14.7 Å². The van der Waals surface area contributed by atoms with E-state index in [0.717, 1.165) is 24.9 Å². The first-order chi connectivity index (χ1) is 10.7. The Hall–Kier alpha value is -2.10. The largest absolute Gasteiger partial charge is 0.481 e. The minimum atomic E-state index is -0.833. The molecular formula is C18H19NO3. The molecule has 4 nitrogen and oxygen atoms in total. The van der Waals surface area contributed by atoms with Crippen LogP contribution in [0.25, 0.3) is 0 Å². The van der Waals surface area contributed by atoms with Crippen LogP contribution >= 0.6 is 0 Å². The maximum Gasteiger partial charge on any atom is 0.307 e. The van der Waals surface area contributed by atoms with E-state index in [1.807, 2.05) is 35.3 Å². The number of carbonyl (C=O) groups is 2. The second kappa shape index (κ2) is 4.97. The summed E-state index contributed by atoms with van der Waals surface area (Å²) < 4.78 is 0. The van der Waals surface area contributed by atoms with Crippen LogP contribution in [-0.2, 0) is 16.0 Å². The van der Waals surface area contributed by atoms with Gasteiger partial charge < -0.3 is 10.0 Å². The molecule has 4 atom stereocenters. The number of carboxylic acids is 1. The van der Waals surface area contributed by atoms with Gasteiger partial charge in [0.2, 0.25) is 5.91 Å². The van der Waals surface area contributed by atoms with Crippen molar-refractivity contribution in [2.75, 3.05) is 11.4 Å². The van der Waals surface area contributed by atoms with E-state index < -0.39 is 17.8 Å². The number of benzene rings is 1. The summed E-state index contributed by atoms with van der Waals surface area (Å²) in [4.78, 5) is 26.6. The average molecular weight is 297 g/mol. The second-order valence-electron chi connectivity index (χ2n) is 6.56. The number of hydrogen-bond donors (Lipinski definition) is 1. The molecule has 0 radical (unpaired) electrons. The smallest absolute Gasteiger partial charge is 0.307 e. The number of rotatable bonds is 2. The number of aryl methyl sites for hydroxylation is 1. The van der Waals surface area contributed by atoms with Crippen molar-refractivity contribution in [3.05, 3.63) is 42.0 Å². The maximum absolute atomic E-state index is 13.1. The Bertz CT molecular complexity index is 666. The van der Waals surface area contributed by atoms with E-state index in [1.54, 1.807) is 0 Å². The van der Waals surface area contributed by atoms with E-state index in [4.69, 9.17) is 0 Å². The molecule has 1 aromatic carbocycles. The lowest BCUT2D eigenvalue weighted by Crippen LogP contribution is -2.45. The maximum atomic E-state index is 13.1. The molecule has 4 heteroatoms. The van der Waals surface area contributed by atoms with Crippen LogP contribution in [0.3, 0.4) is 0 Å². The summed E-state index contributed by atoms with van der Waals surface area (Å²) in [7, 11) is 0. The third-order valence-corrected chi connectivity index (χ3v) is 5.41. The molecule has 114 valence electrons. The predicted octanol–water partition coefficient (Wildman–Crippen LogP) is 2.49. The number of hydrogen-bond acceptors (Lipinski definition) is 2. The molecular weight excluding hydrogens is 278 g/mol. The SMILES string of the molecule is O=C(O)[C@@H]1[C@@H](C(=O)N2CCCc3ccccc32)[C@H]2C=C[C@H]1C2. The topological polar surface area (TPSA) is 57.6 Å². The van der Waals surface area contributed by atoms with Gasteiger partial charge >= 0.3 is 5.97 Å². The lowest BCUT2D eigenvalue weighted by Gasteiger charge is -2.34. The van der Waals surface area contributed by atoms with Gasteiger partial charge in [-0.3, -0.25) is 9.59 Å². The molecule has 1 fully saturated rings. The van der Waals surface area contributed by atoms with Gasteiger partial charge in [-0.25, -0.2) is 0 Å². The Morgan fingerprint density at radius 1 is 1.09 bits per heavy atom. The number of aliphatic carboxylic acids is 1. The van der Waals surface area contributed by atoms with Gasteiger partial charge in [0.15, 0.2) is 0 Å². The highest BCUT2D eigenvalue weighted by molar-refractivity contribution is 5.99. The lowest BCUT2D eigenvalue weighted by molar-refractivity contribution is -0.147. The summed E-state index contributed by atoms with van der Waals surface area (Å²) in [5, 5.41) is 9.54. The number of carboxylic acid groups (broad SMARTS) is 1. The molecule has 22 heavy (non-hydrogen) atoms. The molecule has 4 rings (SSSR count). The summed E-state index contributed by atoms with van der Waals surface area (Å²) in [5.74, 6) is -1.68. The van der Waals surface area contributed by atoms with Crippen molar-refractivity contribution in [3.63, 3.8) is 0 Å². The fourth-order valence-corrected chi connectivity index (χ4v) is 4.44. The fraction of sp³-hybridized carbons (Fsp3) is 0.444. The van der Waals surface area contributed by atoms with E-state index in [0.29, 0.717) is 6.54 Å². The minimum absolute atomic E-state index is 0.00333. The van der Waals surface area contributed by atoms with E-state index in [2.05, 4.69) is 6.07 Å². The van der Waals surface area contributed by atoms with Crippen molar-refractivity contribution in [1.82, 2.24) is 0 Å². The molecule has 1 aliphatic heterocycles. The van der Waals surface area contributed by atoms with Gasteiger partial charge in [-0.05, 0) is 42.7 Å². The molecule has 0 unspecified atom stereocenters. The minimum Gasteiger partial charge on any atom is -0.481 e. The normalized spacial score (nSPS) is 32.1. The van der Waals surface area contributed by atoms with Crippen LogP contribution in [-0.4, -0.2) is 23.5 Å². The lowest BCUT2D eigenvalue weighted by atomic mass is 9.81. The number of amides is 1. The monoisotopic (exact) mass is 297 g/mol. The zero-order chi connectivity index (χ0) is 15.3. The van der Waals surface area contributed by atoms with Gasteiger partial charge in [0.1, 0.15) is 0 Å². The molecule has 1 heterocycles. The standard InChI is InChI=1S/C18H19NO3/c20-17(15-12-7-8-13(10-12)16(15)18(21)22)19-9-3-5-11-4-1-2-6-14(11)19/h1-2,4,6-8,12-13,15-16H,3,5,9-10H2,(H,21,22)/t12-,13-,15-,16-/m0/s1. The number of allylic oxidation sites excluding steroid dienone is 2. The van der Waals surface area contributed by atoms with Gasteiger partial charge in [0, 0.05) is 12.2 Å². The number of carbonyl (C=O) groups excluding carboxylic acids is 1. The molecule has 0 spiro atoms. The molecule has 1 N–H and O–H groups in total. The highest BCUT2D eigenvalue weighted by Crippen LogP contribution is 2.49. The third kappa shape index (κ3) is 1.90. The average Bonchev–Trinajstić information content (AvgIpc) is 3.14. The highest BCUT2D eigenvalue weighted by atomic mass is 16.4. The Morgan fingerprint density at radius 3 is 2.59 bits per heavy atom. The van der Waals surface area contributed by atoms with Crippen molar-refractivity contribution >= 4 is 17.6 Å². The molecule has 3 aliphatic rings. The number of anilines is 1. The van der Waals surface area contributed by atoms with Crippen molar-refractivity contribution in [2.45, 2.75) is 19.3 Å². The van der Waals surface area contributed by atoms with Gasteiger partial charge in [0.25, 0.3) is 0 Å². The summed E-state index contributed by atoms with van der Waals surface area (Å²) in [6, 6.07) is 7.97. The number of nitrogens with zero attached hydrogens (tertiary/aromatic N) is 1. The molecule has 0 aromatic heterocycles. The first kappa shape index (κ1) is 13.6. The summed E-state index contributed by atoms with van der Waals surface area (Å²) >= 11 is 0. The summed E-state index contributed by atoms with van der Waals surface area (Å²) in [6.07, 6.45) is 6.76. The van der Waals surface area contributed by atoms with Crippen molar-refractivity contribution in [1.29, 1.82) is 0 Å². The number of fused-ring (bicyclic) bond motifs is 3. The van der Waals surface area contributed by atoms with E-state index in [-0.39, 0.29) is 17.7 Å². The van der Waals surface area contributed by atoms with E-state index >= 15 is 0 Å². The quantitative estimate of drug-likeness (QED) is 0.853. The van der Waals surface area contributed by atoms with Crippen LogP contribution in [0.1, 0.15) is 18.4 Å². The molecule has 2 bridgehead atoms. The molecule has 2 aliphatic carbocycles. The molecule has 0 saturated heterocycles. The Kier molecular flexibility index (Phi) is 3.06. The first-order valence-electron chi connectivity index (χ1n) is 7.97. The van der Waals surface area contributed by atoms with Gasteiger partial charge in [-0.2, -0.15) is 0 Å². The van der Waals surface area contributed by atoms with E-state index in [9.17, 15) is 14.7 Å². The van der Waals surface area contributed by atoms with Crippen LogP contribution in [0.2, 0.25) is 0 Å². The van der Waals surface area contributed by atoms with Crippen LogP contribution < -0.4 is 4.90 Å². The third-order valence-electron chi connectivity index (χ3n) is 5.41. The van der Waals surface area contributed by atoms with Gasteiger partial charge in [-0.1, -0.05) is 30.4 Å². The predicted molar refractivity (Wildman–Crippen MR) is 82.5 cm³/mol. The van der Waals surface area contributed by atoms with Crippen LogP contribution in [0.4, 0.5) is 5.69 Å². The highest BCUT2D eigenvalue weighted by Gasteiger charge is 2.52. The molecule has 1 amide bonds. The Balaban J connectivity index is 1.68. The fourth-order valence-electron chi connectivity index (χ4n) is 4.44. The Labute approximate surface area is 129 Å². The number of para-hydroxylation sites is 1. The Morgan fingerprint density at radius 2 is 1.82 bits per heavy atom. The van der Waals surface area contributed by atoms with Crippen LogP contribution in [0.15, 0.2) is 36.4 Å². The summed E-state index contributed by atoms with van der Waals surface area (Å²) in [5.41, 5.74) is 2.15.